The minimum atomic E-state index is -1.33. The number of hydroxylamine groups is 2. The maximum atomic E-state index is 15.3. The van der Waals surface area contributed by atoms with E-state index >= 15 is 4.39 Å². The number of piperazine rings is 2. The van der Waals surface area contributed by atoms with Gasteiger partial charge in [-0.3, -0.25) is 24.0 Å². The smallest absolute Gasteiger partial charge is 0.341 e. The highest BCUT2D eigenvalue weighted by Gasteiger charge is 2.34. The van der Waals surface area contributed by atoms with Crippen molar-refractivity contribution in [2.45, 2.75) is 69.9 Å². The van der Waals surface area contributed by atoms with Crippen LogP contribution in [0.15, 0.2) is 46.2 Å². The summed E-state index contributed by atoms with van der Waals surface area (Å²) in [6.07, 6.45) is 7.32. The first-order valence-corrected chi connectivity index (χ1v) is 37.6. The Morgan fingerprint density at radius 3 is 1.10 bits per heavy atom. The van der Waals surface area contributed by atoms with Crippen molar-refractivity contribution in [2.75, 3.05) is 267 Å². The Hall–Kier alpha value is -7.34. The summed E-state index contributed by atoms with van der Waals surface area (Å²) >= 11 is 0. The number of benzene rings is 2. The van der Waals surface area contributed by atoms with Crippen molar-refractivity contribution in [2.24, 2.45) is 0 Å². The number of amides is 3. The fourth-order valence-corrected chi connectivity index (χ4v) is 11.3. The minimum Gasteiger partial charge on any atom is -0.477 e. The molecule has 0 atom stereocenters. The number of pyridine rings is 2. The number of carboxylic acid groups (broad SMARTS) is 2. The Bertz CT molecular complexity index is 3540. The zero-order valence-electron chi connectivity index (χ0n) is 62.9. The molecule has 5 fully saturated rings. The molecule has 3 amide bonds. The third kappa shape index (κ3) is 32.4. The summed E-state index contributed by atoms with van der Waals surface area (Å²) in [5, 5.41) is 31.2. The highest BCUT2D eigenvalue weighted by atomic mass is 19.1. The average Bonchev–Trinajstić information content (AvgIpc) is 1.40. The highest BCUT2D eigenvalue weighted by Crippen LogP contribution is 2.40. The number of carboxylic acids is 2. The van der Waals surface area contributed by atoms with Crippen LogP contribution >= 0.6 is 0 Å². The van der Waals surface area contributed by atoms with E-state index in [0.29, 0.717) is 252 Å². The number of nitrogens with one attached hydrogen (secondary N) is 1. The molecule has 5 heterocycles. The fourth-order valence-electron chi connectivity index (χ4n) is 11.3. The largest absolute Gasteiger partial charge is 0.477 e. The van der Waals surface area contributed by atoms with E-state index in [1.54, 1.807) is 28.7 Å². The molecule has 4 N–H and O–H groups in total. The normalized spacial score (nSPS) is 15.2. The van der Waals surface area contributed by atoms with Gasteiger partial charge in [-0.1, -0.05) is 0 Å². The van der Waals surface area contributed by atoms with Gasteiger partial charge in [-0.05, 0) is 56.4 Å². The van der Waals surface area contributed by atoms with Gasteiger partial charge in [0, 0.05) is 121 Å². The molecule has 2 saturated carbocycles. The van der Waals surface area contributed by atoms with Crippen LogP contribution in [0, 0.1) is 11.6 Å². The lowest BCUT2D eigenvalue weighted by Crippen LogP contribution is -2.49. The van der Waals surface area contributed by atoms with Gasteiger partial charge in [0.05, 0.1) is 220 Å². The number of carbonyl (C=O) groups is 6. The number of halogens is 2. The average molecular weight is 1570 g/mol. The number of hydrogen-bond donors (Lipinski definition) is 4. The van der Waals surface area contributed by atoms with Gasteiger partial charge in [-0.15, -0.1) is 5.06 Å². The van der Waals surface area contributed by atoms with E-state index in [2.05, 4.69) is 10.2 Å². The molecule has 36 heteroatoms. The predicted octanol–water partition coefficient (Wildman–Crippen LogP) is 3.04. The first-order valence-electron chi connectivity index (χ1n) is 37.6. The Kier molecular flexibility index (Phi) is 42.5. The zero-order valence-corrected chi connectivity index (χ0v) is 62.9. The Labute approximate surface area is 636 Å². The molecule has 2 aromatic carbocycles. The number of hydrogen-bond acceptors (Lipinski definition) is 28. The molecular weight excluding hydrogens is 1460 g/mol. The third-order valence-electron chi connectivity index (χ3n) is 17.4. The molecule has 9 rings (SSSR count). The maximum Gasteiger partial charge on any atom is 0.341 e. The van der Waals surface area contributed by atoms with Crippen LogP contribution in [0.25, 0.3) is 21.8 Å². The van der Waals surface area contributed by atoms with Gasteiger partial charge >= 0.3 is 17.9 Å². The predicted molar refractivity (Wildman–Crippen MR) is 392 cm³/mol. The van der Waals surface area contributed by atoms with Crippen molar-refractivity contribution < 1.29 is 129 Å². The lowest BCUT2D eigenvalue weighted by molar-refractivity contribution is -0.198. The monoisotopic (exact) mass is 1570 g/mol. The molecule has 0 unspecified atom stereocenters. The van der Waals surface area contributed by atoms with Crippen molar-refractivity contribution in [3.63, 3.8) is 0 Å². The van der Waals surface area contributed by atoms with E-state index in [1.165, 1.54) is 18.5 Å². The molecule has 2 aliphatic carbocycles. The lowest BCUT2D eigenvalue weighted by atomic mass is 10.1. The molecule has 3 saturated heterocycles. The van der Waals surface area contributed by atoms with Crippen LogP contribution < -0.4 is 26.0 Å². The molecule has 0 radical (unpaired) electrons. The van der Waals surface area contributed by atoms with Crippen LogP contribution in [0.3, 0.4) is 0 Å². The van der Waals surface area contributed by atoms with Gasteiger partial charge in [-0.25, -0.2) is 23.2 Å². The quantitative estimate of drug-likeness (QED) is 0.0364. The summed E-state index contributed by atoms with van der Waals surface area (Å²) in [4.78, 5) is 105. The van der Waals surface area contributed by atoms with Crippen molar-refractivity contribution in [1.29, 1.82) is 0 Å². The fraction of sp³-hybridized carbons (Fsp3) is 0.676. The van der Waals surface area contributed by atoms with Crippen molar-refractivity contribution >= 4 is 68.8 Å². The van der Waals surface area contributed by atoms with Crippen LogP contribution in [-0.2, 0) is 95.1 Å². The van der Waals surface area contributed by atoms with Gasteiger partial charge in [0.1, 0.15) is 22.8 Å². The number of fused-ring (bicyclic) bond motifs is 2. The molecule has 0 spiro atoms. The van der Waals surface area contributed by atoms with E-state index < -0.39 is 52.2 Å². The molecule has 2 aromatic heterocycles. The van der Waals surface area contributed by atoms with Gasteiger partial charge in [0.25, 0.3) is 11.8 Å². The number of rotatable bonds is 55. The van der Waals surface area contributed by atoms with E-state index in [0.717, 1.165) is 44.8 Å². The number of anilines is 2. The SMILES string of the molecule is COCCOCCOCCOCCOCCOCCOCCOCCOCCOCCOCCOCCC(=O)N1CCN(c2cc3c(cc2F)c(=O)c(C(=O)O)cn3C2CC2)CC1.O=C(CCOCCOCCOCCCO)ON1C(=O)CCC1=O.O=C(O)c1cn(C2CC2)c2cc(N3CCNCC3)c(F)cc2c1=O. The van der Waals surface area contributed by atoms with Crippen molar-refractivity contribution in [3.8, 4) is 0 Å². The van der Waals surface area contributed by atoms with Crippen molar-refractivity contribution in [1.82, 2.24) is 24.4 Å². The topological polar surface area (TPSA) is 380 Å². The van der Waals surface area contributed by atoms with Crippen LogP contribution in [0.2, 0.25) is 0 Å². The maximum absolute atomic E-state index is 15.3. The Balaban J connectivity index is 0.000000287. The van der Waals surface area contributed by atoms with E-state index in [4.69, 9.17) is 76.2 Å². The lowest BCUT2D eigenvalue weighted by Gasteiger charge is -2.36. The molecule has 34 nitrogen and oxygen atoms in total. The first-order chi connectivity index (χ1) is 53.6. The van der Waals surface area contributed by atoms with E-state index in [1.807, 2.05) is 14.4 Å². The number of aromatic carboxylic acids is 2. The summed E-state index contributed by atoms with van der Waals surface area (Å²) < 4.78 is 114. The zero-order chi connectivity index (χ0) is 78.5. The van der Waals surface area contributed by atoms with Crippen LogP contribution in [0.4, 0.5) is 20.2 Å². The molecule has 0 bridgehead atoms. The van der Waals surface area contributed by atoms with Crippen LogP contribution in [0.5, 0.6) is 0 Å². The number of methoxy groups -OCH3 is 1. The van der Waals surface area contributed by atoms with Crippen molar-refractivity contribution in [3.05, 3.63) is 79.9 Å². The number of imide groups is 1. The van der Waals surface area contributed by atoms with E-state index in [-0.39, 0.29) is 85.4 Å². The van der Waals surface area contributed by atoms with Crippen LogP contribution in [0.1, 0.15) is 90.6 Å². The molecular formula is C74H109F2N7O27. The summed E-state index contributed by atoms with van der Waals surface area (Å²) in [5.41, 5.74) is -0.0458. The molecule has 4 aromatic rings. The second-order valence-corrected chi connectivity index (χ2v) is 25.6. The molecule has 3 aliphatic heterocycles. The number of aliphatic hydroxyl groups excluding tert-OH is 1. The number of ether oxygens (including phenoxy) is 15. The Morgan fingerprint density at radius 2 is 0.764 bits per heavy atom. The number of nitrogens with zero attached hydrogens (tertiary/aromatic N) is 6. The molecule has 616 valence electrons. The van der Waals surface area contributed by atoms with Crippen LogP contribution in [-0.4, -0.2) is 328 Å². The Morgan fingerprint density at radius 1 is 0.436 bits per heavy atom. The second-order valence-electron chi connectivity index (χ2n) is 25.6. The van der Waals surface area contributed by atoms with Gasteiger partial charge < -0.3 is 120 Å². The standard InChI is InChI=1S/C43H68FN3O16.C17H18FN3O3.C14H23NO8/c1-52-10-11-54-14-15-56-18-19-58-22-23-60-26-27-62-30-31-63-29-28-61-25-24-59-21-20-57-17-16-55-13-12-53-9-4-41(48)46-7-5-45(6-8-46)40-33-39-36(32-38(40)44)42(49)37(43(50)51)34-47(39)35-2-3-35;18-13-7-11-14(8-15(13)20-5-3-19-4-6-20)21(10-1-2-10)9-12(16(11)22)17(23)24;16-5-1-6-20-8-10-22-11-9-21-7-4-14(19)23-15-12(17)2-3-13(15)18/h32-35H,2-31H2,1H3,(H,50,51);7-10,19H,1-6H2,(H,23,24);16H,1-11H2. The molecule has 110 heavy (non-hydrogen) atoms. The number of aliphatic hydroxyl groups is 1. The summed E-state index contributed by atoms with van der Waals surface area (Å²) in [7, 11) is 1.64. The third-order valence-corrected chi connectivity index (χ3v) is 17.4. The van der Waals surface area contributed by atoms with Gasteiger partial charge in [0.2, 0.25) is 16.8 Å². The summed E-state index contributed by atoms with van der Waals surface area (Å²) in [6, 6.07) is 5.94. The first kappa shape index (κ1) is 89.9. The number of aromatic nitrogens is 2. The summed E-state index contributed by atoms with van der Waals surface area (Å²) in [6.45, 7) is 17.7. The minimum absolute atomic E-state index is 0.0424. The summed E-state index contributed by atoms with van der Waals surface area (Å²) in [5.74, 6) is -5.41. The highest BCUT2D eigenvalue weighted by molar-refractivity contribution is 6.01. The van der Waals surface area contributed by atoms with Gasteiger partial charge in [-0.2, -0.15) is 0 Å². The van der Waals surface area contributed by atoms with Gasteiger partial charge in [0.15, 0.2) is 0 Å². The van der Waals surface area contributed by atoms with E-state index in [9.17, 15) is 53.0 Å². The second kappa shape index (κ2) is 52.1. The number of carbonyl (C=O) groups excluding carboxylic acids is 4. The molecule has 5 aliphatic rings.